The number of aliphatic hydroxyl groups excluding tert-OH is 7. The minimum absolute atomic E-state index is 0.0345. The first-order chi connectivity index (χ1) is 32.5. The Labute approximate surface area is 398 Å². The van der Waals surface area contributed by atoms with Gasteiger partial charge < -0.3 is 85.6 Å². The predicted octanol–water partition coefficient (Wildman–Crippen LogP) is -2.46. The van der Waals surface area contributed by atoms with Gasteiger partial charge in [0.2, 0.25) is 29.5 Å². The number of unbranched alkanes of at least 4 members (excludes halogenated alkanes) is 6. The molecule has 0 bridgehead atoms. The lowest BCUT2D eigenvalue weighted by Crippen LogP contribution is -2.64. The zero-order valence-corrected chi connectivity index (χ0v) is 39.8. The zero-order valence-electron chi connectivity index (χ0n) is 39.8. The van der Waals surface area contributed by atoms with Crippen molar-refractivity contribution in [3.05, 3.63) is 0 Å². The maximum absolute atomic E-state index is 13.5. The van der Waals surface area contributed by atoms with Crippen LogP contribution in [0.1, 0.15) is 117 Å². The molecule has 0 radical (unpaired) electrons. The van der Waals surface area contributed by atoms with Crippen LogP contribution in [0.25, 0.3) is 0 Å². The Kier molecular flexibility index (Phi) is 27.4. The number of amides is 5. The molecule has 10 unspecified atom stereocenters. The van der Waals surface area contributed by atoms with Crippen molar-refractivity contribution < 1.29 is 88.2 Å². The maximum atomic E-state index is 13.5. The Balaban J connectivity index is 1.42. The molecule has 3 fully saturated rings. The van der Waals surface area contributed by atoms with E-state index in [-0.39, 0.29) is 74.7 Å². The van der Waals surface area contributed by atoms with Crippen molar-refractivity contribution in [3.8, 4) is 0 Å². The Hall–Kier alpha value is -3.46. The predicted molar refractivity (Wildman–Crippen MR) is 240 cm³/mol. The second-order valence-corrected chi connectivity index (χ2v) is 17.8. The van der Waals surface area contributed by atoms with Gasteiger partial charge in [-0.2, -0.15) is 0 Å². The van der Waals surface area contributed by atoms with E-state index < -0.39 is 92.4 Å². The molecule has 11 N–H and O–H groups in total. The first-order valence-electron chi connectivity index (χ1n) is 24.1. The first kappa shape index (κ1) is 58.9. The number of hydrogen-bond acceptors (Lipinski definition) is 18. The average molecular weight is 978 g/mol. The van der Waals surface area contributed by atoms with Crippen molar-refractivity contribution in [1.82, 2.24) is 26.2 Å². The highest BCUT2D eigenvalue weighted by atomic mass is 16.7. The number of nitrogens with one attached hydrogen (secondary N) is 4. The molecule has 13 atom stereocenters. The van der Waals surface area contributed by atoms with Crippen LogP contribution in [0.5, 0.6) is 0 Å². The monoisotopic (exact) mass is 978 g/mol. The van der Waals surface area contributed by atoms with Gasteiger partial charge >= 0.3 is 0 Å². The summed E-state index contributed by atoms with van der Waals surface area (Å²) in [4.78, 5) is 77.0. The number of Topliss-reactive ketones (excluding diaryl/α,β-unsaturated/α-hetero) is 1. The summed E-state index contributed by atoms with van der Waals surface area (Å²) in [7, 11) is 1.59. The van der Waals surface area contributed by atoms with Gasteiger partial charge in [-0.1, -0.05) is 12.8 Å². The summed E-state index contributed by atoms with van der Waals surface area (Å²) in [6, 6.07) is -3.16. The summed E-state index contributed by atoms with van der Waals surface area (Å²) < 4.78 is 27.9. The van der Waals surface area contributed by atoms with Gasteiger partial charge in [-0.25, -0.2) is 0 Å². The van der Waals surface area contributed by atoms with Crippen LogP contribution >= 0.6 is 0 Å². The number of nitrogens with zero attached hydrogens (tertiary/aromatic N) is 1. The largest absolute Gasteiger partial charge is 0.394 e. The molecular weight excluding hydrogens is 899 g/mol. The minimum Gasteiger partial charge on any atom is -0.394 e. The van der Waals surface area contributed by atoms with E-state index in [2.05, 4.69) is 21.3 Å². The van der Waals surface area contributed by atoms with E-state index in [0.717, 1.165) is 6.42 Å². The van der Waals surface area contributed by atoms with E-state index in [9.17, 15) is 64.5 Å². The molecule has 23 nitrogen and oxygen atoms in total. The van der Waals surface area contributed by atoms with Crippen LogP contribution in [0.3, 0.4) is 0 Å². The molecule has 0 spiro atoms. The first-order valence-corrected chi connectivity index (χ1v) is 24.1. The maximum Gasteiger partial charge on any atom is 0.222 e. The van der Waals surface area contributed by atoms with Crippen molar-refractivity contribution in [2.45, 2.75) is 196 Å². The molecule has 5 amide bonds. The topological polar surface area (TPSA) is 342 Å². The highest BCUT2D eigenvalue weighted by Crippen LogP contribution is 2.25. The van der Waals surface area contributed by atoms with Crippen LogP contribution in [0.15, 0.2) is 0 Å². The van der Waals surface area contributed by atoms with Gasteiger partial charge in [-0.05, 0) is 64.2 Å². The third-order valence-electron chi connectivity index (χ3n) is 12.4. The third kappa shape index (κ3) is 19.7. The van der Waals surface area contributed by atoms with Gasteiger partial charge in [-0.3, -0.25) is 28.8 Å². The standard InChI is InChI=1S/C45H79N5O18/c1-27(54)47-38-42(62)40(60)33(25-52)67-44(38)65-20-12-9-16-35(57)46-19-11-8-14-31(32(56)15-6-4-5-7-18-37(59)50-23-30(64-3)22-29(50)24-51)49-36(58)17-10-13-21-66-45-39(48-28(2)55)43(63)41(61)34(26-53)68-45/h29-31,33-34,38-45,51-53,60-63H,4-26H2,1-3H3,(H,46,57)(H,47,54)(H,48,55)(H,49,58)/t29-,30+,31-,33?,34?,38?,39?,40?,41?,42?,43?,44?,45?/m0/s1. The normalized spacial score (nSPS) is 28.7. The molecule has 3 aliphatic heterocycles. The summed E-state index contributed by atoms with van der Waals surface area (Å²) >= 11 is 0. The zero-order chi connectivity index (χ0) is 50.2. The molecule has 0 aromatic rings. The second kappa shape index (κ2) is 31.7. The number of carbonyl (C=O) groups excluding carboxylic acids is 6. The Bertz CT molecular complexity index is 1550. The van der Waals surface area contributed by atoms with Crippen LogP contribution in [0, 0.1) is 0 Å². The number of hydrogen-bond donors (Lipinski definition) is 11. The molecule has 0 aromatic heterocycles. The van der Waals surface area contributed by atoms with E-state index >= 15 is 0 Å². The van der Waals surface area contributed by atoms with Crippen LogP contribution in [-0.2, 0) is 52.5 Å². The van der Waals surface area contributed by atoms with E-state index in [1.807, 2.05) is 0 Å². The van der Waals surface area contributed by atoms with Crippen molar-refractivity contribution >= 4 is 35.3 Å². The average Bonchev–Trinajstić information content (AvgIpc) is 3.74. The third-order valence-corrected chi connectivity index (χ3v) is 12.4. The molecule has 0 saturated carbocycles. The van der Waals surface area contributed by atoms with Crippen LogP contribution in [0.4, 0.5) is 0 Å². The molecule has 3 aliphatic rings. The lowest BCUT2D eigenvalue weighted by Gasteiger charge is -2.42. The fraction of sp³-hybridized carbons (Fsp3) is 0.867. The Morgan fingerprint density at radius 2 is 1.15 bits per heavy atom. The van der Waals surface area contributed by atoms with Gasteiger partial charge in [0.15, 0.2) is 18.4 Å². The summed E-state index contributed by atoms with van der Waals surface area (Å²) in [6.45, 7) is 2.17. The van der Waals surface area contributed by atoms with E-state index in [4.69, 9.17) is 23.7 Å². The Morgan fingerprint density at radius 3 is 1.65 bits per heavy atom. The SMILES string of the molecule is CO[C@@H]1C[C@@H](CO)N(C(=O)CCCCCCC(=O)[C@H](CCCCNC(=O)CCCCOC2OC(CO)C(O)C(O)C2NC(C)=O)NC(=O)CCCCOC2OC(CO)C(O)C(O)C2NC(C)=O)C1. The highest BCUT2D eigenvalue weighted by Gasteiger charge is 2.46. The molecule has 68 heavy (non-hydrogen) atoms. The van der Waals surface area contributed by atoms with Gasteiger partial charge in [0.25, 0.3) is 0 Å². The molecule has 392 valence electrons. The minimum atomic E-state index is -1.45. The summed E-state index contributed by atoms with van der Waals surface area (Å²) in [5, 5.41) is 80.8. The summed E-state index contributed by atoms with van der Waals surface area (Å²) in [6.07, 6.45) is -3.33. The van der Waals surface area contributed by atoms with Gasteiger partial charge in [0, 0.05) is 72.9 Å². The van der Waals surface area contributed by atoms with Crippen molar-refractivity contribution in [2.24, 2.45) is 0 Å². The molecular formula is C45H79N5O18. The molecule has 0 aromatic carbocycles. The lowest BCUT2D eigenvalue weighted by molar-refractivity contribution is -0.270. The number of methoxy groups -OCH3 is 1. The van der Waals surface area contributed by atoms with Gasteiger partial charge in [-0.15, -0.1) is 0 Å². The fourth-order valence-corrected chi connectivity index (χ4v) is 8.54. The molecule has 0 aliphatic carbocycles. The Morgan fingerprint density at radius 1 is 0.632 bits per heavy atom. The molecule has 3 heterocycles. The van der Waals surface area contributed by atoms with Gasteiger partial charge in [0.05, 0.1) is 38.0 Å². The number of likely N-dealkylation sites (tertiary alicyclic amines) is 1. The van der Waals surface area contributed by atoms with E-state index in [1.54, 1.807) is 12.0 Å². The highest BCUT2D eigenvalue weighted by molar-refractivity contribution is 5.89. The number of ketones is 1. The quantitative estimate of drug-likeness (QED) is 0.0311. The van der Waals surface area contributed by atoms with Crippen molar-refractivity contribution in [2.75, 3.05) is 53.2 Å². The number of ether oxygens (including phenoxy) is 5. The lowest BCUT2D eigenvalue weighted by atomic mass is 9.97. The summed E-state index contributed by atoms with van der Waals surface area (Å²) in [5.41, 5.74) is 0. The van der Waals surface area contributed by atoms with Crippen molar-refractivity contribution in [3.63, 3.8) is 0 Å². The van der Waals surface area contributed by atoms with Crippen LogP contribution in [-0.4, -0.2) is 209 Å². The molecule has 3 rings (SSSR count). The molecule has 3 saturated heterocycles. The summed E-state index contributed by atoms with van der Waals surface area (Å²) in [5.74, 6) is -1.66. The van der Waals surface area contributed by atoms with Crippen LogP contribution in [0.2, 0.25) is 0 Å². The van der Waals surface area contributed by atoms with Crippen LogP contribution < -0.4 is 21.3 Å². The second-order valence-electron chi connectivity index (χ2n) is 17.8. The molecule has 23 heteroatoms. The van der Waals surface area contributed by atoms with Gasteiger partial charge in [0.1, 0.15) is 48.7 Å². The van der Waals surface area contributed by atoms with Crippen molar-refractivity contribution in [1.29, 1.82) is 0 Å². The van der Waals surface area contributed by atoms with E-state index in [0.29, 0.717) is 90.1 Å². The van der Waals surface area contributed by atoms with E-state index in [1.165, 1.54) is 13.8 Å². The fourth-order valence-electron chi connectivity index (χ4n) is 8.54. The number of rotatable bonds is 32. The smallest absolute Gasteiger partial charge is 0.222 e. The number of aliphatic hydroxyl groups is 7. The number of carbonyl (C=O) groups is 6.